The van der Waals surface area contributed by atoms with Crippen molar-refractivity contribution in [3.63, 3.8) is 0 Å². The van der Waals surface area contributed by atoms with Crippen LogP contribution in [0.25, 0.3) is 0 Å². The third-order valence-electron chi connectivity index (χ3n) is 1.58. The van der Waals surface area contributed by atoms with Crippen LogP contribution >= 0.6 is 0 Å². The first-order chi connectivity index (χ1) is 7.43. The van der Waals surface area contributed by atoms with Crippen molar-refractivity contribution >= 4 is 12.2 Å². The van der Waals surface area contributed by atoms with Crippen LogP contribution in [0.5, 0.6) is 11.5 Å². The van der Waals surface area contributed by atoms with Crippen molar-refractivity contribution in [3.8, 4) is 11.5 Å². The molecule has 0 aromatic heterocycles. The van der Waals surface area contributed by atoms with Crippen molar-refractivity contribution in [2.45, 2.75) is 0 Å². The van der Waals surface area contributed by atoms with Crippen LogP contribution in [0.4, 0.5) is 13.6 Å². The molecular formula is C8H7F2N3O3. The van der Waals surface area contributed by atoms with Gasteiger partial charge >= 0.3 is 6.03 Å². The number of nitrogens with zero attached hydrogens (tertiary/aromatic N) is 1. The summed E-state index contributed by atoms with van der Waals surface area (Å²) in [5.74, 6) is -5.07. The lowest BCUT2D eigenvalue weighted by atomic mass is 10.2. The van der Waals surface area contributed by atoms with Crippen molar-refractivity contribution in [3.05, 3.63) is 23.3 Å². The largest absolute Gasteiger partial charge is 0.504 e. The topological polar surface area (TPSA) is 108 Å². The molecule has 8 heteroatoms. The Hall–Kier alpha value is -2.38. The lowest BCUT2D eigenvalue weighted by molar-refractivity contribution is 0.249. The highest BCUT2D eigenvalue weighted by Crippen LogP contribution is 2.30. The van der Waals surface area contributed by atoms with Gasteiger partial charge in [0.05, 0.1) is 6.21 Å². The molecule has 0 saturated heterocycles. The summed E-state index contributed by atoms with van der Waals surface area (Å²) >= 11 is 0. The number of rotatable bonds is 2. The van der Waals surface area contributed by atoms with Gasteiger partial charge < -0.3 is 15.9 Å². The molecule has 1 rings (SSSR count). The number of urea groups is 1. The van der Waals surface area contributed by atoms with Gasteiger partial charge in [0.15, 0.2) is 17.3 Å². The highest BCUT2D eigenvalue weighted by atomic mass is 19.1. The van der Waals surface area contributed by atoms with Crippen LogP contribution in [-0.2, 0) is 0 Å². The molecule has 0 heterocycles. The Morgan fingerprint density at radius 1 is 1.44 bits per heavy atom. The maximum absolute atomic E-state index is 12.9. The summed E-state index contributed by atoms with van der Waals surface area (Å²) in [6, 6.07) is -0.338. The molecule has 0 fully saturated rings. The van der Waals surface area contributed by atoms with Gasteiger partial charge in [0, 0.05) is 5.56 Å². The predicted molar refractivity (Wildman–Crippen MR) is 50.0 cm³/mol. The number of phenols is 2. The Bertz CT molecular complexity index is 462. The number of carbonyl (C=O) groups excluding carboxylic acids is 1. The molecule has 0 aliphatic heterocycles. The zero-order valence-corrected chi connectivity index (χ0v) is 7.74. The smallest absolute Gasteiger partial charge is 0.332 e. The van der Waals surface area contributed by atoms with Crippen LogP contribution < -0.4 is 11.2 Å². The zero-order valence-electron chi connectivity index (χ0n) is 7.74. The maximum Gasteiger partial charge on any atom is 0.332 e. The fourth-order valence-electron chi connectivity index (χ4n) is 0.881. The van der Waals surface area contributed by atoms with E-state index in [1.165, 1.54) is 0 Å². The van der Waals surface area contributed by atoms with Gasteiger partial charge in [-0.2, -0.15) is 9.49 Å². The van der Waals surface area contributed by atoms with Gasteiger partial charge in [-0.05, 0) is 6.07 Å². The summed E-state index contributed by atoms with van der Waals surface area (Å²) in [5, 5.41) is 21.1. The summed E-state index contributed by atoms with van der Waals surface area (Å²) in [5.41, 5.74) is 6.07. The lowest BCUT2D eigenvalue weighted by Crippen LogP contribution is -2.24. The minimum Gasteiger partial charge on any atom is -0.504 e. The first-order valence-corrected chi connectivity index (χ1v) is 3.92. The SMILES string of the molecule is NC(=O)NN=Cc1cc(F)c(O)c(F)c1O. The molecule has 0 aliphatic rings. The molecule has 1 aromatic carbocycles. The predicted octanol–water partition coefficient (Wildman–Crippen LogP) is 0.378. The normalized spacial score (nSPS) is 10.6. The second-order valence-electron chi connectivity index (χ2n) is 2.69. The van der Waals surface area contributed by atoms with Crippen LogP contribution in [0, 0.1) is 11.6 Å². The maximum atomic E-state index is 12.9. The summed E-state index contributed by atoms with van der Waals surface area (Å²) in [6.45, 7) is 0. The summed E-state index contributed by atoms with van der Waals surface area (Å²) in [7, 11) is 0. The van der Waals surface area contributed by atoms with Crippen molar-refractivity contribution in [1.29, 1.82) is 0 Å². The molecule has 0 spiro atoms. The average Bonchev–Trinajstić information content (AvgIpc) is 2.22. The lowest BCUT2D eigenvalue weighted by Gasteiger charge is -2.03. The first kappa shape index (κ1) is 11.7. The number of aromatic hydroxyl groups is 2. The fourth-order valence-corrected chi connectivity index (χ4v) is 0.881. The third-order valence-corrected chi connectivity index (χ3v) is 1.58. The number of amides is 2. The van der Waals surface area contributed by atoms with Crippen LogP contribution in [0.1, 0.15) is 5.56 Å². The van der Waals surface area contributed by atoms with E-state index in [0.29, 0.717) is 6.07 Å². The second kappa shape index (κ2) is 4.43. The Labute approximate surface area is 88.0 Å². The third kappa shape index (κ3) is 2.35. The number of primary amides is 1. The molecule has 86 valence electrons. The monoisotopic (exact) mass is 231 g/mol. The zero-order chi connectivity index (χ0) is 12.3. The number of carbonyl (C=O) groups is 1. The van der Waals surface area contributed by atoms with Crippen molar-refractivity contribution in [2.24, 2.45) is 10.8 Å². The Kier molecular flexibility index (Phi) is 3.24. The van der Waals surface area contributed by atoms with Crippen LogP contribution in [-0.4, -0.2) is 22.5 Å². The number of phenolic OH excluding ortho intramolecular Hbond substituents is 2. The number of nitrogens with one attached hydrogen (secondary N) is 1. The molecule has 0 aliphatic carbocycles. The Morgan fingerprint density at radius 2 is 2.06 bits per heavy atom. The number of halogens is 2. The second-order valence-corrected chi connectivity index (χ2v) is 2.69. The molecule has 16 heavy (non-hydrogen) atoms. The molecular weight excluding hydrogens is 224 g/mol. The van der Waals surface area contributed by atoms with E-state index >= 15 is 0 Å². The molecule has 6 nitrogen and oxygen atoms in total. The molecule has 2 amide bonds. The van der Waals surface area contributed by atoms with E-state index in [9.17, 15) is 13.6 Å². The van der Waals surface area contributed by atoms with Crippen LogP contribution in [0.2, 0.25) is 0 Å². The summed E-state index contributed by atoms with van der Waals surface area (Å²) < 4.78 is 25.8. The van der Waals surface area contributed by atoms with E-state index in [1.807, 2.05) is 0 Å². The minimum absolute atomic E-state index is 0.360. The number of hydrogen-bond acceptors (Lipinski definition) is 4. The molecule has 0 bridgehead atoms. The number of nitrogens with two attached hydrogens (primary N) is 1. The Morgan fingerprint density at radius 3 is 2.62 bits per heavy atom. The first-order valence-electron chi connectivity index (χ1n) is 3.92. The van der Waals surface area contributed by atoms with E-state index in [4.69, 9.17) is 10.2 Å². The molecule has 0 radical (unpaired) electrons. The number of hydrogen-bond donors (Lipinski definition) is 4. The molecule has 0 saturated carbocycles. The highest BCUT2D eigenvalue weighted by molar-refractivity contribution is 5.85. The standard InChI is InChI=1S/C8H7F2N3O3/c9-4-1-3(2-12-13-8(11)16)6(14)5(10)7(4)15/h1-2,14-15H,(H3,11,13,16). The number of hydrazone groups is 1. The van der Waals surface area contributed by atoms with Crippen molar-refractivity contribution in [1.82, 2.24) is 5.43 Å². The quantitative estimate of drug-likeness (QED) is 0.436. The molecule has 0 atom stereocenters. The fraction of sp³-hybridized carbons (Fsp3) is 0. The van der Waals surface area contributed by atoms with Gasteiger partial charge in [-0.15, -0.1) is 0 Å². The molecule has 1 aromatic rings. The van der Waals surface area contributed by atoms with Gasteiger partial charge in [0.1, 0.15) is 0 Å². The van der Waals surface area contributed by atoms with E-state index in [2.05, 4.69) is 10.8 Å². The van der Waals surface area contributed by atoms with Gasteiger partial charge in [-0.3, -0.25) is 0 Å². The van der Waals surface area contributed by atoms with Gasteiger partial charge in [0.2, 0.25) is 5.82 Å². The van der Waals surface area contributed by atoms with Gasteiger partial charge in [-0.25, -0.2) is 14.6 Å². The van der Waals surface area contributed by atoms with E-state index in [-0.39, 0.29) is 5.56 Å². The minimum atomic E-state index is -1.51. The van der Waals surface area contributed by atoms with Gasteiger partial charge in [0.25, 0.3) is 0 Å². The highest BCUT2D eigenvalue weighted by Gasteiger charge is 2.16. The van der Waals surface area contributed by atoms with Gasteiger partial charge in [-0.1, -0.05) is 0 Å². The summed E-state index contributed by atoms with van der Waals surface area (Å²) in [6.07, 6.45) is 0.770. The molecule has 5 N–H and O–H groups in total. The Balaban J connectivity index is 3.06. The van der Waals surface area contributed by atoms with Crippen LogP contribution in [0.3, 0.4) is 0 Å². The van der Waals surface area contributed by atoms with E-state index in [1.54, 1.807) is 5.43 Å². The number of benzene rings is 1. The van der Waals surface area contributed by atoms with Crippen LogP contribution in [0.15, 0.2) is 11.2 Å². The molecule has 0 unspecified atom stereocenters. The average molecular weight is 231 g/mol. The van der Waals surface area contributed by atoms with E-state index in [0.717, 1.165) is 6.21 Å². The van der Waals surface area contributed by atoms with E-state index < -0.39 is 29.2 Å². The van der Waals surface area contributed by atoms with Crippen molar-refractivity contribution in [2.75, 3.05) is 0 Å². The van der Waals surface area contributed by atoms with Crippen molar-refractivity contribution < 1.29 is 23.8 Å². The summed E-state index contributed by atoms with van der Waals surface area (Å²) in [4.78, 5) is 10.2.